The number of thioether (sulfide) groups is 2. The molecule has 0 bridgehead atoms. The SMILES string of the molecule is CCCCCCCC/C=C\CCCCCCCC(=O)Nc1cc(C(=O)NCCSC)ccc1SC. The van der Waals surface area contributed by atoms with Crippen molar-refractivity contribution >= 4 is 41.0 Å². The molecule has 0 atom stereocenters. The van der Waals surface area contributed by atoms with E-state index in [1.165, 1.54) is 70.6 Å². The Bertz CT molecular complexity index is 737. The summed E-state index contributed by atoms with van der Waals surface area (Å²) < 4.78 is 0. The van der Waals surface area contributed by atoms with Gasteiger partial charge < -0.3 is 10.6 Å². The van der Waals surface area contributed by atoms with Gasteiger partial charge >= 0.3 is 0 Å². The third kappa shape index (κ3) is 16.1. The van der Waals surface area contributed by atoms with Gasteiger partial charge in [0.2, 0.25) is 5.91 Å². The molecular formula is C29H48N2O2S2. The van der Waals surface area contributed by atoms with E-state index in [4.69, 9.17) is 0 Å². The van der Waals surface area contributed by atoms with Gasteiger partial charge in [-0.25, -0.2) is 0 Å². The monoisotopic (exact) mass is 520 g/mol. The van der Waals surface area contributed by atoms with Crippen LogP contribution in [0.1, 0.15) is 107 Å². The normalized spacial score (nSPS) is 11.2. The molecule has 1 rings (SSSR count). The van der Waals surface area contributed by atoms with Crippen molar-refractivity contribution in [1.82, 2.24) is 5.32 Å². The van der Waals surface area contributed by atoms with E-state index in [0.29, 0.717) is 18.5 Å². The first-order valence-corrected chi connectivity index (χ1v) is 16.1. The number of unbranched alkanes of at least 4 members (excludes halogenated alkanes) is 11. The number of hydrogen-bond acceptors (Lipinski definition) is 4. The summed E-state index contributed by atoms with van der Waals surface area (Å²) in [5.74, 6) is 0.811. The number of allylic oxidation sites excluding steroid dienone is 2. The van der Waals surface area contributed by atoms with Crippen molar-refractivity contribution in [1.29, 1.82) is 0 Å². The van der Waals surface area contributed by atoms with E-state index < -0.39 is 0 Å². The third-order valence-corrected chi connectivity index (χ3v) is 7.40. The first-order chi connectivity index (χ1) is 17.1. The van der Waals surface area contributed by atoms with Crippen LogP contribution in [0, 0.1) is 0 Å². The Labute approximate surface area is 223 Å². The van der Waals surface area contributed by atoms with Crippen molar-refractivity contribution < 1.29 is 9.59 Å². The molecule has 0 aliphatic rings. The molecule has 4 nitrogen and oxygen atoms in total. The van der Waals surface area contributed by atoms with Crippen LogP contribution in [-0.2, 0) is 4.79 Å². The summed E-state index contributed by atoms with van der Waals surface area (Å²) >= 11 is 3.27. The number of benzene rings is 1. The number of nitrogens with one attached hydrogen (secondary N) is 2. The predicted molar refractivity (Wildman–Crippen MR) is 157 cm³/mol. The van der Waals surface area contributed by atoms with Gasteiger partial charge in [0.25, 0.3) is 5.91 Å². The number of amides is 2. The smallest absolute Gasteiger partial charge is 0.251 e. The van der Waals surface area contributed by atoms with Gasteiger partial charge in [0.05, 0.1) is 5.69 Å². The number of carbonyl (C=O) groups excluding carboxylic acids is 2. The highest BCUT2D eigenvalue weighted by Gasteiger charge is 2.11. The number of anilines is 1. The highest BCUT2D eigenvalue weighted by atomic mass is 32.2. The van der Waals surface area contributed by atoms with E-state index in [9.17, 15) is 9.59 Å². The molecule has 0 heterocycles. The minimum absolute atomic E-state index is 0.0258. The second kappa shape index (κ2) is 21.8. The van der Waals surface area contributed by atoms with Crippen LogP contribution in [0.5, 0.6) is 0 Å². The Morgan fingerprint density at radius 1 is 0.857 bits per heavy atom. The second-order valence-electron chi connectivity index (χ2n) is 9.05. The van der Waals surface area contributed by atoms with Crippen LogP contribution >= 0.6 is 23.5 Å². The summed E-state index contributed by atoms with van der Waals surface area (Å²) in [5.41, 5.74) is 1.31. The number of rotatable bonds is 21. The second-order valence-corrected chi connectivity index (χ2v) is 10.9. The van der Waals surface area contributed by atoms with E-state index in [-0.39, 0.29) is 11.8 Å². The van der Waals surface area contributed by atoms with Crippen molar-refractivity contribution in [2.45, 2.75) is 102 Å². The Balaban J connectivity index is 2.18. The molecule has 0 unspecified atom stereocenters. The maximum absolute atomic E-state index is 12.5. The maximum Gasteiger partial charge on any atom is 0.251 e. The molecule has 1 aromatic carbocycles. The Morgan fingerprint density at radius 2 is 1.49 bits per heavy atom. The van der Waals surface area contributed by atoms with E-state index in [0.717, 1.165) is 29.2 Å². The van der Waals surface area contributed by atoms with Crippen LogP contribution in [-0.4, -0.2) is 36.6 Å². The average Bonchev–Trinajstić information content (AvgIpc) is 2.86. The predicted octanol–water partition coefficient (Wildman–Crippen LogP) is 8.48. The Hall–Kier alpha value is -1.40. The van der Waals surface area contributed by atoms with E-state index in [1.807, 2.05) is 24.6 Å². The Kier molecular flexibility index (Phi) is 19.7. The van der Waals surface area contributed by atoms with E-state index in [1.54, 1.807) is 29.6 Å². The number of carbonyl (C=O) groups is 2. The molecule has 0 fully saturated rings. The van der Waals surface area contributed by atoms with Crippen LogP contribution in [0.15, 0.2) is 35.2 Å². The lowest BCUT2D eigenvalue weighted by Gasteiger charge is -2.12. The zero-order valence-corrected chi connectivity index (χ0v) is 24.0. The molecule has 6 heteroatoms. The van der Waals surface area contributed by atoms with E-state index in [2.05, 4.69) is 29.7 Å². The van der Waals surface area contributed by atoms with Gasteiger partial charge in [0.1, 0.15) is 0 Å². The lowest BCUT2D eigenvalue weighted by atomic mass is 10.1. The van der Waals surface area contributed by atoms with Gasteiger partial charge in [-0.2, -0.15) is 11.8 Å². The standard InChI is InChI=1S/C29H48N2O2S2/c1-4-5-6-7-8-9-10-11-12-13-14-15-16-17-18-19-28(32)31-26-24-25(20-21-27(26)35-3)29(33)30-22-23-34-2/h11-12,20-21,24H,4-10,13-19,22-23H2,1-3H3,(H,30,33)(H,31,32)/b12-11-. The lowest BCUT2D eigenvalue weighted by molar-refractivity contribution is -0.116. The molecule has 0 radical (unpaired) electrons. The largest absolute Gasteiger partial charge is 0.351 e. The molecule has 198 valence electrons. The molecule has 0 saturated carbocycles. The van der Waals surface area contributed by atoms with Gasteiger partial charge in [-0.1, -0.05) is 70.4 Å². The van der Waals surface area contributed by atoms with Crippen molar-refractivity contribution in [2.24, 2.45) is 0 Å². The highest BCUT2D eigenvalue weighted by molar-refractivity contribution is 7.98. The van der Waals surface area contributed by atoms with Crippen molar-refractivity contribution in [2.75, 3.05) is 30.1 Å². The van der Waals surface area contributed by atoms with Gasteiger partial charge in [0.15, 0.2) is 0 Å². The summed E-state index contributed by atoms with van der Waals surface area (Å²) in [7, 11) is 0. The van der Waals surface area contributed by atoms with Crippen molar-refractivity contribution in [3.8, 4) is 0 Å². The van der Waals surface area contributed by atoms with Crippen molar-refractivity contribution in [3.05, 3.63) is 35.9 Å². The molecule has 0 aromatic heterocycles. The van der Waals surface area contributed by atoms with Gasteiger partial charge in [0, 0.05) is 29.2 Å². The average molecular weight is 521 g/mol. The molecule has 2 N–H and O–H groups in total. The Morgan fingerprint density at radius 3 is 2.11 bits per heavy atom. The molecule has 2 amide bonds. The number of hydrogen-bond donors (Lipinski definition) is 2. The minimum atomic E-state index is -0.0977. The van der Waals surface area contributed by atoms with Crippen LogP contribution in [0.4, 0.5) is 5.69 Å². The first kappa shape index (κ1) is 31.6. The molecule has 0 aliphatic carbocycles. The van der Waals surface area contributed by atoms with Crippen LogP contribution in [0.25, 0.3) is 0 Å². The van der Waals surface area contributed by atoms with Gasteiger partial charge in [-0.3, -0.25) is 9.59 Å². The summed E-state index contributed by atoms with van der Waals surface area (Å²) in [6.45, 7) is 2.90. The fraction of sp³-hybridized carbons (Fsp3) is 0.655. The maximum atomic E-state index is 12.5. The summed E-state index contributed by atoms with van der Waals surface area (Å²) in [6, 6.07) is 5.52. The van der Waals surface area contributed by atoms with Gasteiger partial charge in [-0.15, -0.1) is 11.8 Å². The summed E-state index contributed by atoms with van der Waals surface area (Å²) in [4.78, 5) is 25.8. The molecule has 1 aromatic rings. The van der Waals surface area contributed by atoms with Crippen molar-refractivity contribution in [3.63, 3.8) is 0 Å². The molecule has 35 heavy (non-hydrogen) atoms. The molecule has 0 aliphatic heterocycles. The summed E-state index contributed by atoms with van der Waals surface area (Å²) in [5, 5.41) is 5.94. The fourth-order valence-electron chi connectivity index (χ4n) is 3.88. The van der Waals surface area contributed by atoms with Crippen LogP contribution in [0.2, 0.25) is 0 Å². The zero-order valence-electron chi connectivity index (χ0n) is 22.3. The van der Waals surface area contributed by atoms with Gasteiger partial charge in [-0.05, 0) is 62.8 Å². The fourth-order valence-corrected chi connectivity index (χ4v) is 4.72. The third-order valence-electron chi connectivity index (χ3n) is 5.99. The summed E-state index contributed by atoms with van der Waals surface area (Å²) in [6.07, 6.45) is 25.5. The zero-order chi connectivity index (χ0) is 25.6. The van der Waals surface area contributed by atoms with Crippen LogP contribution in [0.3, 0.4) is 0 Å². The first-order valence-electron chi connectivity index (χ1n) is 13.5. The molecular weight excluding hydrogens is 472 g/mol. The molecule has 0 saturated heterocycles. The lowest BCUT2D eigenvalue weighted by Crippen LogP contribution is -2.25. The molecule has 0 spiro atoms. The minimum Gasteiger partial charge on any atom is -0.351 e. The topological polar surface area (TPSA) is 58.2 Å². The van der Waals surface area contributed by atoms with Crippen LogP contribution < -0.4 is 10.6 Å². The van der Waals surface area contributed by atoms with E-state index >= 15 is 0 Å². The quantitative estimate of drug-likeness (QED) is 0.0969. The highest BCUT2D eigenvalue weighted by Crippen LogP contribution is 2.27.